The number of piperidine rings is 1. The second-order valence-electron chi connectivity index (χ2n) is 4.56. The first-order valence-electron chi connectivity index (χ1n) is 5.49. The summed E-state index contributed by atoms with van der Waals surface area (Å²) in [6.45, 7) is 1.84. The van der Waals surface area contributed by atoms with Crippen molar-refractivity contribution in [3.8, 4) is 0 Å². The summed E-state index contributed by atoms with van der Waals surface area (Å²) in [4.78, 5) is 6.45. The van der Waals surface area contributed by atoms with E-state index in [4.69, 9.17) is 0 Å². The molecule has 0 spiro atoms. The molecular weight excluding hydrogens is 188 g/mol. The smallest absolute Gasteiger partial charge is 0.0829 e. The van der Waals surface area contributed by atoms with E-state index < -0.39 is 5.60 Å². The van der Waals surface area contributed by atoms with Crippen LogP contribution in [0.25, 0.3) is 0 Å². The highest BCUT2D eigenvalue weighted by atomic mass is 16.3. The van der Waals surface area contributed by atoms with Gasteiger partial charge in [0, 0.05) is 24.9 Å². The molecule has 1 aromatic heterocycles. The number of hydrogen-bond donors (Lipinski definition) is 1. The molecular formula is C12H18N2O. The average Bonchev–Trinajstić information content (AvgIpc) is 2.18. The molecule has 1 unspecified atom stereocenters. The van der Waals surface area contributed by atoms with Crippen molar-refractivity contribution in [3.05, 3.63) is 30.1 Å². The zero-order chi connectivity index (χ0) is 10.7. The van der Waals surface area contributed by atoms with Gasteiger partial charge in [0.05, 0.1) is 5.60 Å². The summed E-state index contributed by atoms with van der Waals surface area (Å²) in [5, 5.41) is 10.4. The van der Waals surface area contributed by atoms with Crippen LogP contribution in [0.2, 0.25) is 0 Å². The molecule has 1 aromatic rings. The van der Waals surface area contributed by atoms with Gasteiger partial charge in [-0.3, -0.25) is 4.98 Å². The Labute approximate surface area is 90.8 Å². The molecule has 15 heavy (non-hydrogen) atoms. The summed E-state index contributed by atoms with van der Waals surface area (Å²) in [5.41, 5.74) is 0.400. The van der Waals surface area contributed by atoms with Crippen molar-refractivity contribution in [2.24, 2.45) is 0 Å². The number of β-amino-alcohol motifs (C(OH)–C–C–N with tert-alkyl or cyclic N) is 1. The zero-order valence-electron chi connectivity index (χ0n) is 9.19. The minimum absolute atomic E-state index is 0.582. The van der Waals surface area contributed by atoms with Crippen molar-refractivity contribution in [1.29, 1.82) is 0 Å². The van der Waals surface area contributed by atoms with Gasteiger partial charge in [-0.1, -0.05) is 6.07 Å². The summed E-state index contributed by atoms with van der Waals surface area (Å²) < 4.78 is 0. The van der Waals surface area contributed by atoms with Gasteiger partial charge in [-0.15, -0.1) is 0 Å². The number of pyridine rings is 1. The lowest BCUT2D eigenvalue weighted by molar-refractivity contribution is -0.0230. The van der Waals surface area contributed by atoms with Crippen LogP contribution >= 0.6 is 0 Å². The number of nitrogens with zero attached hydrogens (tertiary/aromatic N) is 2. The molecule has 0 radical (unpaired) electrons. The first-order valence-corrected chi connectivity index (χ1v) is 5.49. The maximum atomic E-state index is 10.4. The van der Waals surface area contributed by atoms with Crippen LogP contribution < -0.4 is 0 Å². The Balaban J connectivity index is 2.04. The number of likely N-dealkylation sites (tertiary alicyclic amines) is 1. The SMILES string of the molecule is CN1CCCC(O)(Cc2ccccn2)C1. The lowest BCUT2D eigenvalue weighted by Gasteiger charge is -2.37. The maximum Gasteiger partial charge on any atom is 0.0829 e. The summed E-state index contributed by atoms with van der Waals surface area (Å²) in [7, 11) is 2.06. The molecule has 0 bridgehead atoms. The number of hydrogen-bond acceptors (Lipinski definition) is 3. The normalized spacial score (nSPS) is 27.9. The predicted molar refractivity (Wildman–Crippen MR) is 59.6 cm³/mol. The molecule has 0 aliphatic carbocycles. The van der Waals surface area contributed by atoms with Crippen LogP contribution in [0.5, 0.6) is 0 Å². The van der Waals surface area contributed by atoms with E-state index in [0.29, 0.717) is 6.42 Å². The Bertz CT molecular complexity index is 315. The van der Waals surface area contributed by atoms with Crippen molar-refractivity contribution in [1.82, 2.24) is 9.88 Å². The molecule has 3 heteroatoms. The highest BCUT2D eigenvalue weighted by molar-refractivity contribution is 5.08. The second kappa shape index (κ2) is 4.29. The van der Waals surface area contributed by atoms with Gasteiger partial charge in [-0.05, 0) is 38.6 Å². The molecule has 82 valence electrons. The van der Waals surface area contributed by atoms with Gasteiger partial charge in [-0.25, -0.2) is 0 Å². The Kier molecular flexibility index (Phi) is 3.03. The summed E-state index contributed by atoms with van der Waals surface area (Å²) >= 11 is 0. The maximum absolute atomic E-state index is 10.4. The number of aromatic nitrogens is 1. The van der Waals surface area contributed by atoms with Crippen molar-refractivity contribution in [2.45, 2.75) is 24.9 Å². The number of aliphatic hydroxyl groups is 1. The quantitative estimate of drug-likeness (QED) is 0.786. The van der Waals surface area contributed by atoms with E-state index in [9.17, 15) is 5.11 Å². The number of likely N-dealkylation sites (N-methyl/N-ethyl adjacent to an activating group) is 1. The Morgan fingerprint density at radius 2 is 2.40 bits per heavy atom. The van der Waals surface area contributed by atoms with Crippen LogP contribution in [0, 0.1) is 0 Å². The summed E-state index contributed by atoms with van der Waals surface area (Å²) in [5.74, 6) is 0. The first-order chi connectivity index (χ1) is 7.18. The molecule has 1 N–H and O–H groups in total. The molecule has 1 aliphatic rings. The highest BCUT2D eigenvalue weighted by Gasteiger charge is 2.32. The molecule has 2 rings (SSSR count). The highest BCUT2D eigenvalue weighted by Crippen LogP contribution is 2.23. The van der Waals surface area contributed by atoms with E-state index >= 15 is 0 Å². The minimum Gasteiger partial charge on any atom is -0.388 e. The molecule has 1 saturated heterocycles. The molecule has 1 fully saturated rings. The Morgan fingerprint density at radius 1 is 1.53 bits per heavy atom. The van der Waals surface area contributed by atoms with Crippen LogP contribution in [0.3, 0.4) is 0 Å². The standard InChI is InChI=1S/C12H18N2O/c1-14-8-4-6-12(15,10-14)9-11-5-2-3-7-13-11/h2-3,5,7,15H,4,6,8-10H2,1H3. The van der Waals surface area contributed by atoms with Gasteiger partial charge in [-0.2, -0.15) is 0 Å². The molecule has 1 atom stereocenters. The first kappa shape index (κ1) is 10.6. The molecule has 0 aromatic carbocycles. The van der Waals surface area contributed by atoms with Gasteiger partial charge in [0.25, 0.3) is 0 Å². The monoisotopic (exact) mass is 206 g/mol. The molecule has 1 aliphatic heterocycles. The van der Waals surface area contributed by atoms with Crippen molar-refractivity contribution >= 4 is 0 Å². The molecule has 2 heterocycles. The second-order valence-corrected chi connectivity index (χ2v) is 4.56. The van der Waals surface area contributed by atoms with E-state index in [1.165, 1.54) is 0 Å². The zero-order valence-corrected chi connectivity index (χ0v) is 9.19. The third kappa shape index (κ3) is 2.76. The lowest BCUT2D eigenvalue weighted by Crippen LogP contribution is -2.47. The van der Waals surface area contributed by atoms with Gasteiger partial charge in [0.1, 0.15) is 0 Å². The topological polar surface area (TPSA) is 36.4 Å². The molecule has 0 amide bonds. The average molecular weight is 206 g/mol. The van der Waals surface area contributed by atoms with Crippen molar-refractivity contribution in [2.75, 3.05) is 20.1 Å². The van der Waals surface area contributed by atoms with Crippen molar-refractivity contribution in [3.63, 3.8) is 0 Å². The van der Waals surface area contributed by atoms with Gasteiger partial charge in [0.15, 0.2) is 0 Å². The van der Waals surface area contributed by atoms with E-state index in [2.05, 4.69) is 16.9 Å². The minimum atomic E-state index is -0.582. The molecule has 3 nitrogen and oxygen atoms in total. The van der Waals surface area contributed by atoms with E-state index in [0.717, 1.165) is 31.6 Å². The third-order valence-electron chi connectivity index (χ3n) is 2.98. The summed E-state index contributed by atoms with van der Waals surface area (Å²) in [6, 6.07) is 5.85. The van der Waals surface area contributed by atoms with Crippen LogP contribution in [0.1, 0.15) is 18.5 Å². The van der Waals surface area contributed by atoms with Gasteiger partial charge < -0.3 is 10.0 Å². The Morgan fingerprint density at radius 3 is 3.07 bits per heavy atom. The number of rotatable bonds is 2. The van der Waals surface area contributed by atoms with E-state index in [1.54, 1.807) is 6.20 Å². The molecule has 0 saturated carbocycles. The van der Waals surface area contributed by atoms with Crippen LogP contribution in [-0.4, -0.2) is 40.7 Å². The fourth-order valence-corrected chi connectivity index (χ4v) is 2.32. The van der Waals surface area contributed by atoms with E-state index in [-0.39, 0.29) is 0 Å². The van der Waals surface area contributed by atoms with Crippen molar-refractivity contribution < 1.29 is 5.11 Å². The van der Waals surface area contributed by atoms with E-state index in [1.807, 2.05) is 18.2 Å². The van der Waals surface area contributed by atoms with Crippen LogP contribution in [-0.2, 0) is 6.42 Å². The fraction of sp³-hybridized carbons (Fsp3) is 0.583. The lowest BCUT2D eigenvalue weighted by atomic mass is 9.88. The predicted octanol–water partition coefficient (Wildman–Crippen LogP) is 1.08. The van der Waals surface area contributed by atoms with Gasteiger partial charge in [0.2, 0.25) is 0 Å². The summed E-state index contributed by atoms with van der Waals surface area (Å²) in [6.07, 6.45) is 4.40. The van der Waals surface area contributed by atoms with Crippen LogP contribution in [0.4, 0.5) is 0 Å². The van der Waals surface area contributed by atoms with Gasteiger partial charge >= 0.3 is 0 Å². The largest absolute Gasteiger partial charge is 0.388 e. The Hall–Kier alpha value is -0.930. The van der Waals surface area contributed by atoms with Crippen LogP contribution in [0.15, 0.2) is 24.4 Å². The fourth-order valence-electron chi connectivity index (χ4n) is 2.32. The third-order valence-corrected chi connectivity index (χ3v) is 2.98.